The molecule has 0 spiro atoms. The molecule has 6 rings (SSSR count). The third kappa shape index (κ3) is 13.6. The summed E-state index contributed by atoms with van der Waals surface area (Å²) in [6.45, 7) is 20.9. The molecule has 0 saturated heterocycles. The number of hydrogen-bond acceptors (Lipinski definition) is 13. The van der Waals surface area contributed by atoms with Crippen LogP contribution in [-0.2, 0) is 18.9 Å². The standard InChI is InChI=1S/C24H30N6O4.C19H24N6O4/c1-23(2,3)33-21(31)26-20-25-13-19(30(20)22(32)34-24(4,5)6)16-9-11-17(12-10-16)29-14-18(27-28-29)15-7-8-15;1-18(2,3)28-16(26)22-15-21-11-14(25(15)17(27)29-19(4,5)6)12-7-9-13(10-8-12)23-24-20/h9-15H,7-8H2,1-6H3,(H,25,26,31);7-11H,1-6H3,(H,21,22,26). The summed E-state index contributed by atoms with van der Waals surface area (Å²) in [5, 5.41) is 17.0. The second-order valence-corrected chi connectivity index (χ2v) is 18.5. The molecule has 2 amide bonds. The van der Waals surface area contributed by atoms with Gasteiger partial charge in [0.15, 0.2) is 0 Å². The lowest BCUT2D eigenvalue weighted by molar-refractivity contribution is 0.0526. The summed E-state index contributed by atoms with van der Waals surface area (Å²) in [5.74, 6) is 0.489. The van der Waals surface area contributed by atoms with Crippen molar-refractivity contribution >= 4 is 42.0 Å². The van der Waals surface area contributed by atoms with E-state index in [1.165, 1.54) is 17.0 Å². The van der Waals surface area contributed by atoms with Gasteiger partial charge in [-0.05, 0) is 114 Å². The molecule has 0 radical (unpaired) electrons. The summed E-state index contributed by atoms with van der Waals surface area (Å²) in [5.41, 5.74) is 10.1. The van der Waals surface area contributed by atoms with Crippen molar-refractivity contribution in [1.82, 2.24) is 34.1 Å². The molecule has 0 bridgehead atoms. The van der Waals surface area contributed by atoms with Crippen LogP contribution in [0.5, 0.6) is 0 Å². The predicted molar refractivity (Wildman–Crippen MR) is 234 cm³/mol. The Hall–Kier alpha value is -7.21. The van der Waals surface area contributed by atoms with Gasteiger partial charge in [0, 0.05) is 27.6 Å². The van der Waals surface area contributed by atoms with Gasteiger partial charge in [-0.2, -0.15) is 0 Å². The first-order chi connectivity index (χ1) is 29.3. The third-order valence-corrected chi connectivity index (χ3v) is 8.16. The molecular weight excluding hydrogens is 813 g/mol. The number of azide groups is 1. The highest BCUT2D eigenvalue weighted by atomic mass is 16.6. The summed E-state index contributed by atoms with van der Waals surface area (Å²) in [6.07, 6.45) is 4.35. The summed E-state index contributed by atoms with van der Waals surface area (Å²) in [4.78, 5) is 61.5. The fourth-order valence-corrected chi connectivity index (χ4v) is 5.57. The van der Waals surface area contributed by atoms with Gasteiger partial charge in [0.25, 0.3) is 0 Å². The molecule has 0 aliphatic heterocycles. The number of nitrogens with one attached hydrogen (secondary N) is 2. The second kappa shape index (κ2) is 18.4. The highest BCUT2D eigenvalue weighted by Crippen LogP contribution is 2.39. The number of benzene rings is 2. The zero-order valence-electron chi connectivity index (χ0n) is 37.6. The van der Waals surface area contributed by atoms with Crippen LogP contribution in [0.2, 0.25) is 0 Å². The Bertz CT molecular complexity index is 2480. The van der Waals surface area contributed by atoms with Crippen molar-refractivity contribution in [2.24, 2.45) is 5.11 Å². The van der Waals surface area contributed by atoms with Crippen LogP contribution in [0.25, 0.3) is 38.6 Å². The Labute approximate surface area is 364 Å². The topological polar surface area (TPSA) is 244 Å². The van der Waals surface area contributed by atoms with E-state index in [4.69, 9.17) is 24.5 Å². The molecule has 1 saturated carbocycles. The van der Waals surface area contributed by atoms with Crippen molar-refractivity contribution in [1.29, 1.82) is 0 Å². The number of hydrogen-bond donors (Lipinski definition) is 2. The van der Waals surface area contributed by atoms with E-state index in [0.717, 1.165) is 28.8 Å². The van der Waals surface area contributed by atoms with Crippen LogP contribution in [0.3, 0.4) is 0 Å². The normalized spacial score (nSPS) is 12.8. The van der Waals surface area contributed by atoms with E-state index in [9.17, 15) is 19.2 Å². The van der Waals surface area contributed by atoms with Gasteiger partial charge in [-0.1, -0.05) is 46.7 Å². The van der Waals surface area contributed by atoms with Crippen LogP contribution in [0.15, 0.2) is 72.2 Å². The van der Waals surface area contributed by atoms with Gasteiger partial charge in [0.2, 0.25) is 11.9 Å². The number of rotatable bonds is 7. The number of amides is 2. The summed E-state index contributed by atoms with van der Waals surface area (Å²) in [7, 11) is 0. The molecular formula is C43H54N12O8. The second-order valence-electron chi connectivity index (χ2n) is 18.5. The Morgan fingerprint density at radius 1 is 0.651 bits per heavy atom. The maximum Gasteiger partial charge on any atom is 0.421 e. The lowest BCUT2D eigenvalue weighted by atomic mass is 10.1. The van der Waals surface area contributed by atoms with E-state index >= 15 is 0 Å². The van der Waals surface area contributed by atoms with Crippen LogP contribution in [0.1, 0.15) is 108 Å². The molecule has 63 heavy (non-hydrogen) atoms. The lowest BCUT2D eigenvalue weighted by Gasteiger charge is -2.22. The molecule has 1 aliphatic carbocycles. The smallest absolute Gasteiger partial charge is 0.421 e. The van der Waals surface area contributed by atoms with Crippen molar-refractivity contribution in [2.75, 3.05) is 10.6 Å². The molecule has 0 atom stereocenters. The Balaban J connectivity index is 0.000000241. The lowest BCUT2D eigenvalue weighted by Crippen LogP contribution is -2.31. The van der Waals surface area contributed by atoms with Crippen LogP contribution < -0.4 is 10.6 Å². The van der Waals surface area contributed by atoms with Gasteiger partial charge in [-0.15, -0.1) is 5.10 Å². The zero-order chi connectivity index (χ0) is 46.5. The average molecular weight is 867 g/mol. The Morgan fingerprint density at radius 2 is 1.06 bits per heavy atom. The zero-order valence-corrected chi connectivity index (χ0v) is 37.6. The quantitative estimate of drug-likeness (QED) is 0.0671. The number of carbonyl (C=O) groups excluding carboxylic acids is 4. The van der Waals surface area contributed by atoms with E-state index < -0.39 is 46.8 Å². The Morgan fingerprint density at radius 3 is 1.44 bits per heavy atom. The largest absolute Gasteiger partial charge is 0.444 e. The highest BCUT2D eigenvalue weighted by Gasteiger charge is 2.29. The van der Waals surface area contributed by atoms with Gasteiger partial charge < -0.3 is 18.9 Å². The van der Waals surface area contributed by atoms with Crippen LogP contribution in [-0.4, -0.2) is 80.9 Å². The minimum absolute atomic E-state index is 0.00734. The van der Waals surface area contributed by atoms with E-state index in [0.29, 0.717) is 34.1 Å². The minimum Gasteiger partial charge on any atom is -0.444 e. The first-order valence-corrected chi connectivity index (χ1v) is 20.1. The van der Waals surface area contributed by atoms with Gasteiger partial charge in [0.1, 0.15) is 22.4 Å². The highest BCUT2D eigenvalue weighted by molar-refractivity contribution is 5.90. The van der Waals surface area contributed by atoms with Crippen molar-refractivity contribution in [3.8, 4) is 28.2 Å². The van der Waals surface area contributed by atoms with Crippen molar-refractivity contribution in [2.45, 2.75) is 124 Å². The van der Waals surface area contributed by atoms with E-state index in [2.05, 4.69) is 40.9 Å². The fourth-order valence-electron chi connectivity index (χ4n) is 5.57. The molecule has 1 fully saturated rings. The van der Waals surface area contributed by atoms with Crippen LogP contribution in [0, 0.1) is 0 Å². The van der Waals surface area contributed by atoms with Gasteiger partial charge in [-0.3, -0.25) is 10.6 Å². The fraction of sp³-hybridized carbons (Fsp3) is 0.442. The maximum absolute atomic E-state index is 13.1. The number of ether oxygens (including phenoxy) is 4. The predicted octanol–water partition coefficient (Wildman–Crippen LogP) is 10.8. The number of carbonyl (C=O) groups is 4. The number of imidazole rings is 2. The number of aromatic nitrogens is 7. The molecule has 3 aromatic heterocycles. The minimum atomic E-state index is -0.757. The molecule has 3 heterocycles. The number of anilines is 2. The molecule has 5 aromatic rings. The monoisotopic (exact) mass is 866 g/mol. The molecule has 2 N–H and O–H groups in total. The van der Waals surface area contributed by atoms with Crippen LogP contribution in [0.4, 0.5) is 36.8 Å². The first-order valence-electron chi connectivity index (χ1n) is 20.1. The van der Waals surface area contributed by atoms with E-state index in [1.54, 1.807) is 112 Å². The first kappa shape index (κ1) is 46.8. The maximum atomic E-state index is 13.1. The van der Waals surface area contributed by atoms with Gasteiger partial charge >= 0.3 is 24.4 Å². The summed E-state index contributed by atoms with van der Waals surface area (Å²) in [6, 6.07) is 14.0. The third-order valence-electron chi connectivity index (χ3n) is 8.16. The SMILES string of the molecule is CC(C)(C)OC(=O)Nc1ncc(-c2ccc(-n3cc(C4CC4)nn3)cc2)n1C(=O)OC(C)(C)C.CC(C)(C)OC(=O)Nc1ncc(-c2ccc(N=[N+]=[N-])cc2)n1C(=O)OC(C)(C)C. The molecule has 1 aliphatic rings. The average Bonchev–Trinajstić information content (AvgIpc) is 3.50. The molecule has 2 aromatic carbocycles. The van der Waals surface area contributed by atoms with Crippen molar-refractivity contribution in [3.63, 3.8) is 0 Å². The van der Waals surface area contributed by atoms with E-state index in [-0.39, 0.29) is 11.9 Å². The molecule has 20 heteroatoms. The summed E-state index contributed by atoms with van der Waals surface area (Å²) >= 11 is 0. The molecule has 0 unspecified atom stereocenters. The summed E-state index contributed by atoms with van der Waals surface area (Å²) < 4.78 is 25.7. The van der Waals surface area contributed by atoms with Gasteiger partial charge in [-0.25, -0.2) is 43.0 Å². The molecule has 334 valence electrons. The van der Waals surface area contributed by atoms with Gasteiger partial charge in [0.05, 0.1) is 41.4 Å². The Kier molecular flexibility index (Phi) is 13.7. The molecule has 20 nitrogen and oxygen atoms in total. The number of nitrogens with zero attached hydrogens (tertiary/aromatic N) is 10. The van der Waals surface area contributed by atoms with Crippen LogP contribution >= 0.6 is 0 Å². The van der Waals surface area contributed by atoms with Crippen molar-refractivity contribution < 1.29 is 38.1 Å². The van der Waals surface area contributed by atoms with Crippen molar-refractivity contribution in [3.05, 3.63) is 83.3 Å². The van der Waals surface area contributed by atoms with E-state index in [1.807, 2.05) is 30.5 Å².